The molecule has 0 amide bonds. The molecule has 0 spiro atoms. The number of morpholine rings is 1. The molecule has 0 N–H and O–H groups in total. The van der Waals surface area contributed by atoms with Crippen LogP contribution < -0.4 is 0 Å². The third-order valence-electron chi connectivity index (χ3n) is 2.28. The molecule has 84 valence electrons. The van der Waals surface area contributed by atoms with Crippen molar-refractivity contribution in [3.63, 3.8) is 0 Å². The van der Waals surface area contributed by atoms with E-state index in [-0.39, 0.29) is 0 Å². The summed E-state index contributed by atoms with van der Waals surface area (Å²) in [5.74, 6) is 0. The topological polar surface area (TPSA) is 46.6 Å². The summed E-state index contributed by atoms with van der Waals surface area (Å²) in [6, 6.07) is 3.50. The van der Waals surface area contributed by atoms with Gasteiger partial charge in [0, 0.05) is 18.0 Å². The summed E-state index contributed by atoms with van der Waals surface area (Å²) in [5, 5.41) is 0. The lowest BCUT2D eigenvalue weighted by atomic mass is 10.5. The first-order valence-corrected chi connectivity index (χ1v) is 7.01. The Morgan fingerprint density at radius 3 is 2.53 bits per heavy atom. The molecule has 4 nitrogen and oxygen atoms in total. The number of hydrogen-bond acceptors (Lipinski definition) is 4. The van der Waals surface area contributed by atoms with E-state index in [9.17, 15) is 8.42 Å². The van der Waals surface area contributed by atoms with Gasteiger partial charge in [0.1, 0.15) is 4.21 Å². The van der Waals surface area contributed by atoms with E-state index in [0.717, 1.165) is 4.88 Å². The molecule has 0 saturated carbocycles. The highest BCUT2D eigenvalue weighted by atomic mass is 32.2. The maximum absolute atomic E-state index is 12.1. The molecule has 6 heteroatoms. The number of ether oxygens (including phenoxy) is 1. The summed E-state index contributed by atoms with van der Waals surface area (Å²) in [6.45, 7) is 3.80. The highest BCUT2D eigenvalue weighted by Gasteiger charge is 2.27. The minimum Gasteiger partial charge on any atom is -0.379 e. The van der Waals surface area contributed by atoms with Crippen LogP contribution in [-0.2, 0) is 14.8 Å². The van der Waals surface area contributed by atoms with Crippen LogP contribution in [0, 0.1) is 6.92 Å². The summed E-state index contributed by atoms with van der Waals surface area (Å²) >= 11 is 1.32. The molecule has 0 aromatic carbocycles. The highest BCUT2D eigenvalue weighted by molar-refractivity contribution is 7.91. The molecular weight excluding hydrogens is 234 g/mol. The Morgan fingerprint density at radius 1 is 1.33 bits per heavy atom. The Morgan fingerprint density at radius 2 is 2.00 bits per heavy atom. The van der Waals surface area contributed by atoms with Gasteiger partial charge in [-0.1, -0.05) is 0 Å². The normalized spacial score (nSPS) is 19.3. The van der Waals surface area contributed by atoms with Crippen molar-refractivity contribution in [2.75, 3.05) is 26.3 Å². The second kappa shape index (κ2) is 4.21. The molecule has 1 aromatic rings. The number of thiophene rings is 1. The molecule has 1 aliphatic rings. The van der Waals surface area contributed by atoms with Crippen molar-refractivity contribution in [2.45, 2.75) is 11.1 Å². The Bertz CT molecular complexity index is 432. The molecule has 2 rings (SSSR count). The average molecular weight is 247 g/mol. The van der Waals surface area contributed by atoms with Crippen molar-refractivity contribution < 1.29 is 13.2 Å². The quantitative estimate of drug-likeness (QED) is 0.785. The second-order valence-corrected chi connectivity index (χ2v) is 6.83. The largest absolute Gasteiger partial charge is 0.379 e. The third-order valence-corrected chi connectivity index (χ3v) is 5.65. The van der Waals surface area contributed by atoms with Gasteiger partial charge in [0.2, 0.25) is 0 Å². The molecule has 1 fully saturated rings. The first-order valence-electron chi connectivity index (χ1n) is 4.75. The van der Waals surface area contributed by atoms with Crippen LogP contribution in [0.3, 0.4) is 0 Å². The van der Waals surface area contributed by atoms with Crippen molar-refractivity contribution in [1.29, 1.82) is 0 Å². The molecule has 1 aliphatic heterocycles. The Kier molecular flexibility index (Phi) is 3.11. The fourth-order valence-corrected chi connectivity index (χ4v) is 4.31. The van der Waals surface area contributed by atoms with Gasteiger partial charge in [-0.05, 0) is 19.1 Å². The molecule has 15 heavy (non-hydrogen) atoms. The van der Waals surface area contributed by atoms with E-state index in [4.69, 9.17) is 4.74 Å². The van der Waals surface area contributed by atoms with Gasteiger partial charge < -0.3 is 4.74 Å². The number of sulfonamides is 1. The zero-order chi connectivity index (χ0) is 10.9. The van der Waals surface area contributed by atoms with Gasteiger partial charge in [0.05, 0.1) is 13.2 Å². The molecule has 0 radical (unpaired) electrons. The summed E-state index contributed by atoms with van der Waals surface area (Å²) in [4.78, 5) is 1.02. The van der Waals surface area contributed by atoms with Gasteiger partial charge in [-0.3, -0.25) is 0 Å². The van der Waals surface area contributed by atoms with Gasteiger partial charge in [0.25, 0.3) is 10.0 Å². The zero-order valence-electron chi connectivity index (χ0n) is 8.47. The minimum absolute atomic E-state index is 0.432. The van der Waals surface area contributed by atoms with Crippen molar-refractivity contribution in [2.24, 2.45) is 0 Å². The zero-order valence-corrected chi connectivity index (χ0v) is 10.1. The monoisotopic (exact) mass is 247 g/mol. The van der Waals surface area contributed by atoms with Crippen LogP contribution in [0.1, 0.15) is 4.88 Å². The number of nitrogens with zero attached hydrogens (tertiary/aromatic N) is 1. The SMILES string of the molecule is Cc1ccc(S(=O)(=O)N2CCOCC2)s1. The predicted octanol–water partition coefficient (Wildman–Crippen LogP) is 1.08. The summed E-state index contributed by atoms with van der Waals surface area (Å²) in [7, 11) is -3.27. The lowest BCUT2D eigenvalue weighted by molar-refractivity contribution is 0.0731. The summed E-state index contributed by atoms with van der Waals surface area (Å²) in [6.07, 6.45) is 0. The number of aryl methyl sites for hydroxylation is 1. The lowest BCUT2D eigenvalue weighted by Gasteiger charge is -2.25. The van der Waals surface area contributed by atoms with E-state index >= 15 is 0 Å². The molecule has 2 heterocycles. The van der Waals surface area contributed by atoms with E-state index in [2.05, 4.69) is 0 Å². The van der Waals surface area contributed by atoms with E-state index in [1.54, 1.807) is 6.07 Å². The summed E-state index contributed by atoms with van der Waals surface area (Å²) in [5.41, 5.74) is 0. The van der Waals surface area contributed by atoms with Crippen LogP contribution in [0.15, 0.2) is 16.3 Å². The highest BCUT2D eigenvalue weighted by Crippen LogP contribution is 2.24. The van der Waals surface area contributed by atoms with Gasteiger partial charge in [-0.25, -0.2) is 8.42 Å². The van der Waals surface area contributed by atoms with Crippen LogP contribution in [-0.4, -0.2) is 39.0 Å². The standard InChI is InChI=1S/C9H13NO3S2/c1-8-2-3-9(14-8)15(11,12)10-4-6-13-7-5-10/h2-3H,4-7H2,1H3. The van der Waals surface area contributed by atoms with Crippen molar-refractivity contribution >= 4 is 21.4 Å². The van der Waals surface area contributed by atoms with Gasteiger partial charge in [-0.15, -0.1) is 11.3 Å². The van der Waals surface area contributed by atoms with Crippen LogP contribution in [0.4, 0.5) is 0 Å². The second-order valence-electron chi connectivity index (χ2n) is 3.38. The number of hydrogen-bond donors (Lipinski definition) is 0. The molecular formula is C9H13NO3S2. The molecule has 1 aromatic heterocycles. The maximum atomic E-state index is 12.1. The van der Waals surface area contributed by atoms with Crippen molar-refractivity contribution in [1.82, 2.24) is 4.31 Å². The van der Waals surface area contributed by atoms with Crippen LogP contribution >= 0.6 is 11.3 Å². The molecule has 0 atom stereocenters. The molecule has 0 bridgehead atoms. The van der Waals surface area contributed by atoms with Crippen molar-refractivity contribution in [3.8, 4) is 0 Å². The maximum Gasteiger partial charge on any atom is 0.252 e. The van der Waals surface area contributed by atoms with Gasteiger partial charge in [0.15, 0.2) is 0 Å². The molecule has 0 unspecified atom stereocenters. The first kappa shape index (κ1) is 11.1. The first-order chi connectivity index (χ1) is 7.10. The average Bonchev–Trinajstić information content (AvgIpc) is 2.67. The minimum atomic E-state index is -3.27. The third kappa shape index (κ3) is 2.23. The Hall–Kier alpha value is -0.430. The van der Waals surface area contributed by atoms with E-state index in [1.807, 2.05) is 13.0 Å². The van der Waals surface area contributed by atoms with E-state index in [0.29, 0.717) is 30.5 Å². The Balaban J connectivity index is 2.26. The van der Waals surface area contributed by atoms with Crippen LogP contribution in [0.2, 0.25) is 0 Å². The fraction of sp³-hybridized carbons (Fsp3) is 0.556. The Labute approximate surface area is 93.5 Å². The van der Waals surface area contributed by atoms with E-state index < -0.39 is 10.0 Å². The predicted molar refractivity (Wildman–Crippen MR) is 58.6 cm³/mol. The van der Waals surface area contributed by atoms with Crippen molar-refractivity contribution in [3.05, 3.63) is 17.0 Å². The molecule has 0 aliphatic carbocycles. The fourth-order valence-electron chi connectivity index (χ4n) is 1.46. The molecule has 1 saturated heterocycles. The van der Waals surface area contributed by atoms with Crippen LogP contribution in [0.5, 0.6) is 0 Å². The lowest BCUT2D eigenvalue weighted by Crippen LogP contribution is -2.40. The van der Waals surface area contributed by atoms with Gasteiger partial charge >= 0.3 is 0 Å². The van der Waals surface area contributed by atoms with Crippen LogP contribution in [0.25, 0.3) is 0 Å². The van der Waals surface area contributed by atoms with E-state index in [1.165, 1.54) is 15.6 Å². The number of rotatable bonds is 2. The summed E-state index contributed by atoms with van der Waals surface area (Å²) < 4.78 is 31.2. The smallest absolute Gasteiger partial charge is 0.252 e. The van der Waals surface area contributed by atoms with Gasteiger partial charge in [-0.2, -0.15) is 4.31 Å².